The molecule has 1 aromatic heterocycles. The third kappa shape index (κ3) is 2.83. The summed E-state index contributed by atoms with van der Waals surface area (Å²) in [7, 11) is 0. The quantitative estimate of drug-likeness (QED) is 0.932. The number of aromatic nitrogens is 1. The van der Waals surface area contributed by atoms with Crippen molar-refractivity contribution in [2.45, 2.75) is 75.7 Å². The van der Waals surface area contributed by atoms with Gasteiger partial charge in [0.1, 0.15) is 5.76 Å². The molecule has 1 aliphatic heterocycles. The van der Waals surface area contributed by atoms with E-state index in [0.717, 1.165) is 58.2 Å². The smallest absolute Gasteiger partial charge is 0.143 e. The fourth-order valence-corrected chi connectivity index (χ4v) is 4.71. The maximum absolute atomic E-state index is 10.7. The summed E-state index contributed by atoms with van der Waals surface area (Å²) >= 11 is 0. The Hall–Kier alpha value is -0.870. The zero-order valence-electron chi connectivity index (χ0n) is 13.5. The Morgan fingerprint density at radius 1 is 1.09 bits per heavy atom. The number of rotatable bonds is 3. The van der Waals surface area contributed by atoms with E-state index in [-0.39, 0.29) is 0 Å². The molecule has 0 amide bonds. The molecule has 1 saturated carbocycles. The molecule has 122 valence electrons. The summed E-state index contributed by atoms with van der Waals surface area (Å²) in [4.78, 5) is 2.47. The van der Waals surface area contributed by atoms with Crippen LogP contribution < -0.4 is 0 Å². The van der Waals surface area contributed by atoms with Gasteiger partial charge in [-0.25, -0.2) is 0 Å². The van der Waals surface area contributed by atoms with E-state index in [1.54, 1.807) is 0 Å². The molecule has 1 saturated heterocycles. The van der Waals surface area contributed by atoms with Crippen molar-refractivity contribution in [3.8, 4) is 0 Å². The molecule has 0 radical (unpaired) electrons. The number of β-amino-alcohol motifs (C(OH)–C–C–N with tert-alkyl or cyclic N) is 1. The van der Waals surface area contributed by atoms with Crippen LogP contribution in [-0.2, 0) is 12.8 Å². The van der Waals surface area contributed by atoms with Gasteiger partial charge >= 0.3 is 0 Å². The molecule has 1 N–H and O–H groups in total. The number of hydrogen-bond donors (Lipinski definition) is 1. The number of aryl methyl sites for hydroxylation is 1. The van der Waals surface area contributed by atoms with Gasteiger partial charge in [-0.3, -0.25) is 0 Å². The highest BCUT2D eigenvalue weighted by atomic mass is 16.5. The lowest BCUT2D eigenvalue weighted by atomic mass is 9.83. The molecule has 1 aromatic rings. The molecule has 0 aromatic carbocycles. The summed E-state index contributed by atoms with van der Waals surface area (Å²) in [6.07, 6.45) is 11.5. The number of aliphatic hydroxyl groups is 1. The first-order chi connectivity index (χ1) is 10.7. The van der Waals surface area contributed by atoms with E-state index in [1.165, 1.54) is 42.7 Å². The molecule has 4 rings (SSSR count). The predicted molar refractivity (Wildman–Crippen MR) is 85.0 cm³/mol. The van der Waals surface area contributed by atoms with Gasteiger partial charge in [0, 0.05) is 18.0 Å². The Balaban J connectivity index is 1.34. The molecule has 2 aliphatic carbocycles. The molecule has 0 bridgehead atoms. The monoisotopic (exact) mass is 304 g/mol. The van der Waals surface area contributed by atoms with Crippen LogP contribution >= 0.6 is 0 Å². The van der Waals surface area contributed by atoms with Crippen LogP contribution in [0.1, 0.15) is 74.3 Å². The standard InChI is InChI=1S/C18H28N2O2/c21-18(9-2-1-3-10-18)13-20-11-7-14(8-12-20)17-15-5-4-6-16(15)19-22-17/h14,21H,1-13H2. The minimum absolute atomic E-state index is 0.418. The number of likely N-dealkylation sites (tertiary alicyclic amines) is 1. The fraction of sp³-hybridized carbons (Fsp3) is 0.833. The van der Waals surface area contributed by atoms with Crippen molar-refractivity contribution in [2.24, 2.45) is 0 Å². The average molecular weight is 304 g/mol. The van der Waals surface area contributed by atoms with Gasteiger partial charge in [0.2, 0.25) is 0 Å². The van der Waals surface area contributed by atoms with Crippen LogP contribution in [0.15, 0.2) is 4.52 Å². The van der Waals surface area contributed by atoms with E-state index in [0.29, 0.717) is 5.92 Å². The van der Waals surface area contributed by atoms with Crippen LogP contribution in [-0.4, -0.2) is 40.4 Å². The van der Waals surface area contributed by atoms with Crippen LogP contribution in [0.25, 0.3) is 0 Å². The van der Waals surface area contributed by atoms with E-state index in [2.05, 4.69) is 10.1 Å². The summed E-state index contributed by atoms with van der Waals surface area (Å²) in [5.41, 5.74) is 2.22. The summed E-state index contributed by atoms with van der Waals surface area (Å²) in [6, 6.07) is 0. The fourth-order valence-electron chi connectivity index (χ4n) is 4.71. The SMILES string of the molecule is OC1(CN2CCC(c3onc4c3CCC4)CC2)CCCCC1. The molecule has 0 unspecified atom stereocenters. The summed E-state index contributed by atoms with van der Waals surface area (Å²) in [6.45, 7) is 3.04. The van der Waals surface area contributed by atoms with Crippen molar-refractivity contribution in [1.29, 1.82) is 0 Å². The van der Waals surface area contributed by atoms with Crippen molar-refractivity contribution in [1.82, 2.24) is 10.1 Å². The summed E-state index contributed by atoms with van der Waals surface area (Å²) in [5, 5.41) is 15.0. The Labute approximate surface area is 132 Å². The van der Waals surface area contributed by atoms with Gasteiger partial charge in [-0.2, -0.15) is 0 Å². The van der Waals surface area contributed by atoms with Crippen LogP contribution in [0.5, 0.6) is 0 Å². The minimum atomic E-state index is -0.418. The highest BCUT2D eigenvalue weighted by molar-refractivity contribution is 5.30. The first-order valence-corrected chi connectivity index (χ1v) is 9.16. The van der Waals surface area contributed by atoms with Crippen LogP contribution in [0.4, 0.5) is 0 Å². The maximum atomic E-state index is 10.7. The van der Waals surface area contributed by atoms with E-state index >= 15 is 0 Å². The van der Waals surface area contributed by atoms with Crippen molar-refractivity contribution in [2.75, 3.05) is 19.6 Å². The summed E-state index contributed by atoms with van der Waals surface area (Å²) in [5.74, 6) is 1.73. The second-order valence-corrected chi connectivity index (χ2v) is 7.66. The normalized spacial score (nSPS) is 26.2. The average Bonchev–Trinajstić information content (AvgIpc) is 3.12. The van der Waals surface area contributed by atoms with E-state index in [4.69, 9.17) is 4.52 Å². The Bertz CT molecular complexity index is 511. The Morgan fingerprint density at radius 3 is 2.64 bits per heavy atom. The molecule has 22 heavy (non-hydrogen) atoms. The van der Waals surface area contributed by atoms with Gasteiger partial charge in [-0.1, -0.05) is 24.4 Å². The van der Waals surface area contributed by atoms with E-state index < -0.39 is 5.60 Å². The highest BCUT2D eigenvalue weighted by Crippen LogP contribution is 2.36. The largest absolute Gasteiger partial charge is 0.389 e. The molecule has 3 aliphatic rings. The van der Waals surface area contributed by atoms with Gasteiger partial charge in [0.15, 0.2) is 0 Å². The Morgan fingerprint density at radius 2 is 1.86 bits per heavy atom. The first kappa shape index (κ1) is 14.7. The first-order valence-electron chi connectivity index (χ1n) is 9.16. The highest BCUT2D eigenvalue weighted by Gasteiger charge is 2.34. The van der Waals surface area contributed by atoms with Crippen LogP contribution in [0, 0.1) is 0 Å². The molecular weight excluding hydrogens is 276 g/mol. The second-order valence-electron chi connectivity index (χ2n) is 7.66. The number of fused-ring (bicyclic) bond motifs is 1. The van der Waals surface area contributed by atoms with Crippen molar-refractivity contribution in [3.05, 3.63) is 17.0 Å². The zero-order valence-corrected chi connectivity index (χ0v) is 13.5. The number of piperidine rings is 1. The van der Waals surface area contributed by atoms with Crippen molar-refractivity contribution < 1.29 is 9.63 Å². The van der Waals surface area contributed by atoms with E-state index in [1.807, 2.05) is 0 Å². The predicted octanol–water partition coefficient (Wildman–Crippen LogP) is 3.04. The summed E-state index contributed by atoms with van der Waals surface area (Å²) < 4.78 is 5.66. The minimum Gasteiger partial charge on any atom is -0.389 e. The lowest BCUT2D eigenvalue weighted by Crippen LogP contribution is -2.46. The van der Waals surface area contributed by atoms with Gasteiger partial charge in [-0.15, -0.1) is 0 Å². The van der Waals surface area contributed by atoms with E-state index in [9.17, 15) is 5.11 Å². The molecule has 4 heteroatoms. The van der Waals surface area contributed by atoms with Crippen molar-refractivity contribution in [3.63, 3.8) is 0 Å². The van der Waals surface area contributed by atoms with Crippen LogP contribution in [0.3, 0.4) is 0 Å². The van der Waals surface area contributed by atoms with Crippen molar-refractivity contribution >= 4 is 0 Å². The molecule has 4 nitrogen and oxygen atoms in total. The zero-order chi connectivity index (χ0) is 15.0. The lowest BCUT2D eigenvalue weighted by molar-refractivity contribution is -0.0311. The third-order valence-corrected chi connectivity index (χ3v) is 6.00. The molecule has 0 atom stereocenters. The lowest BCUT2D eigenvalue weighted by Gasteiger charge is -2.39. The number of hydrogen-bond acceptors (Lipinski definition) is 4. The maximum Gasteiger partial charge on any atom is 0.143 e. The molecular formula is C18H28N2O2. The van der Waals surface area contributed by atoms with Gasteiger partial charge in [-0.05, 0) is 58.0 Å². The third-order valence-electron chi connectivity index (χ3n) is 6.00. The molecule has 2 heterocycles. The molecule has 2 fully saturated rings. The number of nitrogens with zero attached hydrogens (tertiary/aromatic N) is 2. The molecule has 0 spiro atoms. The van der Waals surface area contributed by atoms with Gasteiger partial charge < -0.3 is 14.5 Å². The van der Waals surface area contributed by atoms with Gasteiger partial charge in [0.25, 0.3) is 0 Å². The van der Waals surface area contributed by atoms with Gasteiger partial charge in [0.05, 0.1) is 11.3 Å². The van der Waals surface area contributed by atoms with Crippen LogP contribution in [0.2, 0.25) is 0 Å². The topological polar surface area (TPSA) is 49.5 Å². The Kier molecular flexibility index (Phi) is 3.99. The second kappa shape index (κ2) is 5.97.